The number of aromatic nitrogens is 2. The van der Waals surface area contributed by atoms with Crippen molar-refractivity contribution in [3.05, 3.63) is 133 Å². The first-order valence-electron chi connectivity index (χ1n) is 13.9. The van der Waals surface area contributed by atoms with Crippen molar-refractivity contribution in [2.45, 2.75) is 0 Å². The van der Waals surface area contributed by atoms with Gasteiger partial charge in [-0.1, -0.05) is 96.7 Å². The number of aromatic amines is 1. The number of rotatable bonds is 2. The topological polar surface area (TPSA) is 68.2 Å². The zero-order chi connectivity index (χ0) is 28.2. The van der Waals surface area contributed by atoms with Crippen molar-refractivity contribution in [3.63, 3.8) is 0 Å². The average Bonchev–Trinajstić information content (AvgIpc) is 3.72. The molecule has 0 saturated carbocycles. The van der Waals surface area contributed by atoms with Gasteiger partial charge in [0.1, 0.15) is 16.9 Å². The van der Waals surface area contributed by atoms with Gasteiger partial charge in [-0.05, 0) is 36.4 Å². The van der Waals surface area contributed by atoms with Gasteiger partial charge in [0, 0.05) is 70.8 Å². The molecule has 5 nitrogen and oxygen atoms in total. The van der Waals surface area contributed by atoms with Crippen LogP contribution in [0.2, 0.25) is 0 Å². The Hall–Kier alpha value is -4.58. The Morgan fingerprint density at radius 2 is 1.30 bits per heavy atom. The monoisotopic (exact) mass is 633 g/mol. The predicted molar refractivity (Wildman–Crippen MR) is 174 cm³/mol. The molecular formula is C37H26N3O2Y-. The predicted octanol–water partition coefficient (Wildman–Crippen LogP) is 10.3. The third-order valence-corrected chi connectivity index (χ3v) is 8.06. The Kier molecular flexibility index (Phi) is 6.93. The minimum Gasteiger partial charge on any atom is -0.684 e. The van der Waals surface area contributed by atoms with E-state index >= 15 is 0 Å². The number of aromatic hydroxyl groups is 1. The smallest absolute Gasteiger partial charge is 0.139 e. The summed E-state index contributed by atoms with van der Waals surface area (Å²) in [6.45, 7) is 0. The normalized spacial score (nSPS) is 11.3. The molecule has 3 heterocycles. The zero-order valence-electron chi connectivity index (χ0n) is 23.5. The van der Waals surface area contributed by atoms with Crippen LogP contribution in [0.1, 0.15) is 0 Å². The van der Waals surface area contributed by atoms with Crippen molar-refractivity contribution in [1.29, 1.82) is 0 Å². The molecular weight excluding hydrogens is 607 g/mol. The summed E-state index contributed by atoms with van der Waals surface area (Å²) in [4.78, 5) is 3.67. The van der Waals surface area contributed by atoms with E-state index < -0.39 is 0 Å². The summed E-state index contributed by atoms with van der Waals surface area (Å²) in [5, 5.41) is 20.9. The number of H-pyrrole nitrogens is 1. The second kappa shape index (κ2) is 10.9. The van der Waals surface area contributed by atoms with Gasteiger partial charge in [-0.25, -0.2) is 0 Å². The standard InChI is InChI=1S/C24H16N2.C13H10NO2.Y/c1-2-8-16(9-3-1)26-22-13-7-5-11-18(22)20-15-14-19-17-10-4-6-12-21(17)25-23(19)24(20)26;1-14-9-6-7-11-12(13(9)15)8-4-2-3-5-10(8)16-11;/h1-15,25H;2-7,15H,1H3;/q;-1;. The van der Waals surface area contributed by atoms with Gasteiger partial charge in [0.2, 0.25) is 0 Å². The molecule has 1 radical (unpaired) electrons. The number of phenols is 1. The molecule has 0 spiro atoms. The summed E-state index contributed by atoms with van der Waals surface area (Å²) in [6, 6.07) is 43.5. The fourth-order valence-corrected chi connectivity index (χ4v) is 6.18. The summed E-state index contributed by atoms with van der Waals surface area (Å²) in [6.07, 6.45) is 0. The molecule has 9 rings (SSSR count). The van der Waals surface area contributed by atoms with E-state index in [1.54, 1.807) is 13.1 Å². The first-order valence-corrected chi connectivity index (χ1v) is 13.9. The Morgan fingerprint density at radius 3 is 2.12 bits per heavy atom. The summed E-state index contributed by atoms with van der Waals surface area (Å²) in [5.41, 5.74) is 8.09. The van der Waals surface area contributed by atoms with Crippen LogP contribution >= 0.6 is 0 Å². The minimum absolute atomic E-state index is 0. The van der Waals surface area contributed by atoms with Crippen LogP contribution in [0, 0.1) is 0 Å². The van der Waals surface area contributed by atoms with Crippen molar-refractivity contribution < 1.29 is 42.2 Å². The molecule has 3 aromatic heterocycles. The van der Waals surface area contributed by atoms with Crippen LogP contribution in [0.25, 0.3) is 76.6 Å². The van der Waals surface area contributed by atoms with Gasteiger partial charge in [0.15, 0.2) is 0 Å². The number of hydrogen-bond donors (Lipinski definition) is 2. The Morgan fingerprint density at radius 1 is 0.628 bits per heavy atom. The number of benzene rings is 6. The van der Waals surface area contributed by atoms with Gasteiger partial charge >= 0.3 is 0 Å². The van der Waals surface area contributed by atoms with E-state index in [0.29, 0.717) is 11.3 Å². The molecule has 205 valence electrons. The van der Waals surface area contributed by atoms with Gasteiger partial charge < -0.3 is 24.4 Å². The van der Waals surface area contributed by atoms with Crippen molar-refractivity contribution >= 4 is 71.2 Å². The van der Waals surface area contributed by atoms with Crippen molar-refractivity contribution in [3.8, 4) is 11.4 Å². The van der Waals surface area contributed by atoms with Crippen molar-refractivity contribution in [2.24, 2.45) is 0 Å². The zero-order valence-corrected chi connectivity index (χ0v) is 26.3. The fraction of sp³-hybridized carbons (Fsp3) is 0.0270. The Bertz CT molecular complexity index is 2420. The number of phenolic OH excluding ortho intramolecular Hbond substituents is 1. The number of para-hydroxylation sites is 4. The van der Waals surface area contributed by atoms with Gasteiger partial charge in [0.25, 0.3) is 0 Å². The minimum atomic E-state index is 0. The second-order valence-electron chi connectivity index (χ2n) is 10.4. The van der Waals surface area contributed by atoms with E-state index in [4.69, 9.17) is 4.42 Å². The maximum absolute atomic E-state index is 10.1. The molecule has 0 aliphatic carbocycles. The van der Waals surface area contributed by atoms with Crippen LogP contribution in [-0.2, 0) is 32.7 Å². The van der Waals surface area contributed by atoms with Crippen molar-refractivity contribution in [1.82, 2.24) is 9.55 Å². The van der Waals surface area contributed by atoms with Crippen LogP contribution in [-0.4, -0.2) is 21.7 Å². The van der Waals surface area contributed by atoms with Gasteiger partial charge in [-0.3, -0.25) is 0 Å². The van der Waals surface area contributed by atoms with E-state index in [1.165, 1.54) is 49.3 Å². The first-order chi connectivity index (χ1) is 20.7. The first kappa shape index (κ1) is 27.3. The summed E-state index contributed by atoms with van der Waals surface area (Å²) in [5.74, 6) is 0.185. The van der Waals surface area contributed by atoms with E-state index in [9.17, 15) is 5.11 Å². The molecule has 0 bridgehead atoms. The number of nitrogens with one attached hydrogen (secondary N) is 1. The molecule has 6 aromatic carbocycles. The number of furan rings is 1. The van der Waals surface area contributed by atoms with Gasteiger partial charge in [0.05, 0.1) is 21.9 Å². The molecule has 0 aliphatic heterocycles. The van der Waals surface area contributed by atoms with Crippen LogP contribution in [0.3, 0.4) is 0 Å². The van der Waals surface area contributed by atoms with E-state index in [2.05, 4.69) is 106 Å². The molecule has 6 heteroatoms. The summed E-state index contributed by atoms with van der Waals surface area (Å²) in [7, 11) is 1.66. The van der Waals surface area contributed by atoms with Gasteiger partial charge in [-0.2, -0.15) is 0 Å². The molecule has 9 aromatic rings. The molecule has 0 fully saturated rings. The van der Waals surface area contributed by atoms with Crippen LogP contribution in [0.5, 0.6) is 5.75 Å². The Labute approximate surface area is 272 Å². The summed E-state index contributed by atoms with van der Waals surface area (Å²) < 4.78 is 8.01. The summed E-state index contributed by atoms with van der Waals surface area (Å²) >= 11 is 0. The maximum Gasteiger partial charge on any atom is 0.139 e. The molecule has 0 amide bonds. The third kappa shape index (κ3) is 4.31. The van der Waals surface area contributed by atoms with E-state index in [0.717, 1.165) is 16.4 Å². The molecule has 43 heavy (non-hydrogen) atoms. The van der Waals surface area contributed by atoms with Crippen molar-refractivity contribution in [2.75, 3.05) is 7.05 Å². The largest absolute Gasteiger partial charge is 0.684 e. The maximum atomic E-state index is 10.1. The fourth-order valence-electron chi connectivity index (χ4n) is 6.18. The molecule has 0 saturated heterocycles. The van der Waals surface area contributed by atoms with Crippen LogP contribution in [0.4, 0.5) is 5.69 Å². The number of hydrogen-bond acceptors (Lipinski definition) is 2. The Balaban J connectivity index is 0.000000153. The SMILES string of the molecule is C[N-]c1ccc2oc3ccccc3c2c1O.[Y].c1ccc(-n2c3ccccc3c3ccc4c5ccccc5[nH]c4c32)cc1. The molecule has 0 aliphatic rings. The second-order valence-corrected chi connectivity index (χ2v) is 10.4. The van der Waals surface area contributed by atoms with Gasteiger partial charge in [-0.15, -0.1) is 7.05 Å². The molecule has 0 atom stereocenters. The van der Waals surface area contributed by atoms with E-state index in [1.807, 2.05) is 30.3 Å². The van der Waals surface area contributed by atoms with E-state index in [-0.39, 0.29) is 38.5 Å². The third-order valence-electron chi connectivity index (χ3n) is 8.06. The van der Waals surface area contributed by atoms with Crippen LogP contribution in [0.15, 0.2) is 132 Å². The average molecular weight is 634 g/mol. The number of nitrogens with zero attached hydrogens (tertiary/aromatic N) is 2. The molecule has 0 unspecified atom stereocenters. The van der Waals surface area contributed by atoms with Crippen LogP contribution < -0.4 is 0 Å². The molecule has 2 N–H and O–H groups in total. The quantitative estimate of drug-likeness (QED) is 0.199. The number of fused-ring (bicyclic) bond motifs is 10.